The van der Waals surface area contributed by atoms with Gasteiger partial charge >= 0.3 is 6.09 Å². The summed E-state index contributed by atoms with van der Waals surface area (Å²) in [7, 11) is -3.61. The van der Waals surface area contributed by atoms with Crippen LogP contribution >= 0.6 is 0 Å². The van der Waals surface area contributed by atoms with Gasteiger partial charge in [-0.25, -0.2) is 17.9 Å². The van der Waals surface area contributed by atoms with Crippen molar-refractivity contribution in [1.82, 2.24) is 14.9 Å². The molecule has 0 aliphatic carbocycles. The minimum absolute atomic E-state index is 0.0262. The van der Waals surface area contributed by atoms with Gasteiger partial charge in [0.15, 0.2) is 0 Å². The van der Waals surface area contributed by atoms with Crippen LogP contribution in [0.1, 0.15) is 26.2 Å². The van der Waals surface area contributed by atoms with Crippen molar-refractivity contribution in [2.24, 2.45) is 0 Å². The summed E-state index contributed by atoms with van der Waals surface area (Å²) in [5, 5.41) is 2.70. The van der Waals surface area contributed by atoms with Gasteiger partial charge in [0, 0.05) is 13.1 Å². The van der Waals surface area contributed by atoms with Gasteiger partial charge in [-0.15, -0.1) is 0 Å². The molecule has 0 aromatic heterocycles. The highest BCUT2D eigenvalue weighted by atomic mass is 32.2. The lowest BCUT2D eigenvalue weighted by molar-refractivity contribution is 0.136. The van der Waals surface area contributed by atoms with Crippen molar-refractivity contribution in [3.63, 3.8) is 0 Å². The van der Waals surface area contributed by atoms with Crippen molar-refractivity contribution < 1.29 is 17.9 Å². The van der Waals surface area contributed by atoms with Crippen LogP contribution in [0.5, 0.6) is 0 Å². The van der Waals surface area contributed by atoms with Crippen molar-refractivity contribution >= 4 is 16.1 Å². The number of nitrogens with zero attached hydrogens (tertiary/aromatic N) is 1. The van der Waals surface area contributed by atoms with E-state index in [1.807, 2.05) is 0 Å². The van der Waals surface area contributed by atoms with E-state index < -0.39 is 22.2 Å². The molecule has 8 heteroatoms. The zero-order chi connectivity index (χ0) is 18.1. The number of ether oxygens (including phenoxy) is 1. The molecular formula is C17H27N3O4S. The molecule has 0 bridgehead atoms. The average Bonchev–Trinajstić information content (AvgIpc) is 2.61. The number of benzene rings is 1. The molecule has 0 radical (unpaired) electrons. The van der Waals surface area contributed by atoms with Crippen molar-refractivity contribution in [2.75, 3.05) is 32.8 Å². The van der Waals surface area contributed by atoms with Gasteiger partial charge < -0.3 is 15.0 Å². The largest absolute Gasteiger partial charge is 0.448 e. The van der Waals surface area contributed by atoms with Crippen LogP contribution in [-0.2, 0) is 14.8 Å². The fourth-order valence-electron chi connectivity index (χ4n) is 2.72. The molecule has 1 aliphatic rings. The first-order chi connectivity index (χ1) is 12.0. The third-order valence-electron chi connectivity index (χ3n) is 4.02. The molecule has 1 aliphatic heterocycles. The molecule has 2 rings (SSSR count). The van der Waals surface area contributed by atoms with Crippen molar-refractivity contribution in [3.05, 3.63) is 30.3 Å². The first-order valence-corrected chi connectivity index (χ1v) is 10.2. The summed E-state index contributed by atoms with van der Waals surface area (Å²) in [6.07, 6.45) is 3.18. The molecule has 1 heterocycles. The van der Waals surface area contributed by atoms with E-state index >= 15 is 0 Å². The second-order valence-corrected chi connectivity index (χ2v) is 7.98. The SMILES string of the molecule is C[C@H](COC(=O)NCCN1CCCCC1)NS(=O)(=O)c1ccccc1. The molecule has 1 amide bonds. The van der Waals surface area contributed by atoms with Crippen molar-refractivity contribution in [1.29, 1.82) is 0 Å². The monoisotopic (exact) mass is 369 g/mol. The molecule has 1 atom stereocenters. The third kappa shape index (κ3) is 7.01. The van der Waals surface area contributed by atoms with Crippen LogP contribution < -0.4 is 10.0 Å². The van der Waals surface area contributed by atoms with Crippen LogP contribution in [0.3, 0.4) is 0 Å². The smallest absolute Gasteiger partial charge is 0.407 e. The second-order valence-electron chi connectivity index (χ2n) is 6.26. The number of piperidine rings is 1. The Morgan fingerprint density at radius 1 is 1.20 bits per heavy atom. The molecule has 140 valence electrons. The highest BCUT2D eigenvalue weighted by Crippen LogP contribution is 2.08. The summed E-state index contributed by atoms with van der Waals surface area (Å²) in [5.41, 5.74) is 0. The van der Waals surface area contributed by atoms with Crippen molar-refractivity contribution in [3.8, 4) is 0 Å². The Hall–Kier alpha value is -1.64. The Morgan fingerprint density at radius 2 is 1.88 bits per heavy atom. The van der Waals surface area contributed by atoms with E-state index in [0.717, 1.165) is 19.6 Å². The number of hydrogen-bond donors (Lipinski definition) is 2. The van der Waals surface area contributed by atoms with E-state index in [0.29, 0.717) is 6.54 Å². The van der Waals surface area contributed by atoms with Gasteiger partial charge in [0.2, 0.25) is 10.0 Å². The zero-order valence-electron chi connectivity index (χ0n) is 14.6. The molecule has 0 spiro atoms. The number of carbonyl (C=O) groups is 1. The molecule has 25 heavy (non-hydrogen) atoms. The van der Waals surface area contributed by atoms with E-state index in [-0.39, 0.29) is 11.5 Å². The average molecular weight is 369 g/mol. The van der Waals surface area contributed by atoms with E-state index in [1.54, 1.807) is 25.1 Å². The molecule has 0 saturated carbocycles. The summed E-state index contributed by atoms with van der Waals surface area (Å²) in [6.45, 7) is 5.13. The molecule has 1 saturated heterocycles. The topological polar surface area (TPSA) is 87.7 Å². The summed E-state index contributed by atoms with van der Waals surface area (Å²) in [4.78, 5) is 14.2. The lowest BCUT2D eigenvalue weighted by Gasteiger charge is -2.26. The molecule has 7 nitrogen and oxygen atoms in total. The minimum Gasteiger partial charge on any atom is -0.448 e. The quantitative estimate of drug-likeness (QED) is 0.726. The summed E-state index contributed by atoms with van der Waals surface area (Å²) >= 11 is 0. The lowest BCUT2D eigenvalue weighted by Crippen LogP contribution is -2.40. The Balaban J connectivity index is 1.65. The van der Waals surface area contributed by atoms with Crippen LogP contribution in [-0.4, -0.2) is 58.2 Å². The third-order valence-corrected chi connectivity index (χ3v) is 5.63. The molecule has 0 unspecified atom stereocenters. The van der Waals surface area contributed by atoms with Crippen LogP contribution in [0.2, 0.25) is 0 Å². The van der Waals surface area contributed by atoms with Gasteiger partial charge in [-0.1, -0.05) is 24.6 Å². The van der Waals surface area contributed by atoms with Gasteiger partial charge in [0.25, 0.3) is 0 Å². The standard InChI is InChI=1S/C17H27N3O4S/c1-15(19-25(22,23)16-8-4-2-5-9-16)14-24-17(21)18-10-13-20-11-6-3-7-12-20/h2,4-5,8-9,15,19H,3,6-7,10-14H2,1H3,(H,18,21)/t15-/m1/s1. The maximum Gasteiger partial charge on any atom is 0.407 e. The maximum atomic E-state index is 12.2. The van der Waals surface area contributed by atoms with Crippen LogP contribution in [0.15, 0.2) is 35.2 Å². The fraction of sp³-hybridized carbons (Fsp3) is 0.588. The maximum absolute atomic E-state index is 12.2. The van der Waals surface area contributed by atoms with Crippen LogP contribution in [0.4, 0.5) is 4.79 Å². The van der Waals surface area contributed by atoms with E-state index in [4.69, 9.17) is 4.74 Å². The number of carbonyl (C=O) groups excluding carboxylic acids is 1. The number of hydrogen-bond acceptors (Lipinski definition) is 5. The number of sulfonamides is 1. The van der Waals surface area contributed by atoms with Gasteiger partial charge in [-0.05, 0) is 45.0 Å². The normalized spacial score (nSPS) is 17.0. The zero-order valence-corrected chi connectivity index (χ0v) is 15.4. The Morgan fingerprint density at radius 3 is 2.56 bits per heavy atom. The Labute approximate surface area is 149 Å². The second kappa shape index (κ2) is 9.74. The van der Waals surface area contributed by atoms with Gasteiger partial charge in [-0.3, -0.25) is 0 Å². The molecule has 2 N–H and O–H groups in total. The van der Waals surface area contributed by atoms with E-state index in [2.05, 4.69) is 14.9 Å². The Kier molecular flexibility index (Phi) is 7.67. The molecule has 1 fully saturated rings. The summed E-state index contributed by atoms with van der Waals surface area (Å²) in [5.74, 6) is 0. The van der Waals surface area contributed by atoms with Gasteiger partial charge in [-0.2, -0.15) is 0 Å². The Bertz CT molecular complexity index is 631. The number of alkyl carbamates (subject to hydrolysis) is 1. The number of rotatable bonds is 8. The summed E-state index contributed by atoms with van der Waals surface area (Å²) < 4.78 is 31.9. The predicted octanol–water partition coefficient (Wildman–Crippen LogP) is 1.57. The fourth-order valence-corrected chi connectivity index (χ4v) is 3.97. The molecule has 1 aromatic rings. The van der Waals surface area contributed by atoms with E-state index in [9.17, 15) is 13.2 Å². The highest BCUT2D eigenvalue weighted by molar-refractivity contribution is 7.89. The predicted molar refractivity (Wildman–Crippen MR) is 95.9 cm³/mol. The van der Waals surface area contributed by atoms with Crippen LogP contribution in [0, 0.1) is 0 Å². The molecular weight excluding hydrogens is 342 g/mol. The van der Waals surface area contributed by atoms with Crippen molar-refractivity contribution in [2.45, 2.75) is 37.1 Å². The lowest BCUT2D eigenvalue weighted by atomic mass is 10.1. The first-order valence-electron chi connectivity index (χ1n) is 8.68. The number of nitrogens with one attached hydrogen (secondary N) is 2. The highest BCUT2D eigenvalue weighted by Gasteiger charge is 2.18. The summed E-state index contributed by atoms with van der Waals surface area (Å²) in [6, 6.07) is 7.58. The number of amides is 1. The first kappa shape index (κ1) is 19.7. The molecule has 1 aromatic carbocycles. The van der Waals surface area contributed by atoms with Gasteiger partial charge in [0.05, 0.1) is 10.9 Å². The number of likely N-dealkylation sites (tertiary alicyclic amines) is 1. The van der Waals surface area contributed by atoms with Gasteiger partial charge in [0.1, 0.15) is 6.61 Å². The minimum atomic E-state index is -3.61. The van der Waals surface area contributed by atoms with Crippen LogP contribution in [0.25, 0.3) is 0 Å². The van der Waals surface area contributed by atoms with E-state index in [1.165, 1.54) is 31.4 Å².